The Morgan fingerprint density at radius 1 is 1.03 bits per heavy atom. The monoisotopic (exact) mass is 510 g/mol. The summed E-state index contributed by atoms with van der Waals surface area (Å²) >= 11 is 6.18. The quantitative estimate of drug-likeness (QED) is 0.537. The number of benzene rings is 2. The molecule has 0 fully saturated rings. The maximum absolute atomic E-state index is 12.8. The topological polar surface area (TPSA) is 54.7 Å². The molecule has 178 valence electrons. The third kappa shape index (κ3) is 4.36. The van der Waals surface area contributed by atoms with E-state index < -0.39 is 33.6 Å². The van der Waals surface area contributed by atoms with E-state index in [9.17, 15) is 9.90 Å². The van der Waals surface area contributed by atoms with Gasteiger partial charge in [-0.1, -0.05) is 29.0 Å². The van der Waals surface area contributed by atoms with Gasteiger partial charge in [0.2, 0.25) is 0 Å². The van der Waals surface area contributed by atoms with E-state index in [0.29, 0.717) is 43.9 Å². The molecule has 1 aliphatic heterocycles. The van der Waals surface area contributed by atoms with Gasteiger partial charge in [0.25, 0.3) is 0 Å². The SMILES string of the molecule is [B]C([B])([B])N1c2c(C)c([C@H](OC(C)(C)C)C(=O)O)c(-c3ccc(Cl)cc3)c3cc(C)n(c23)C([B])([B])C1([B])[B]. The molecule has 0 saturated carbocycles. The summed E-state index contributed by atoms with van der Waals surface area (Å²) in [4.78, 5) is 13.9. The van der Waals surface area contributed by atoms with Crippen LogP contribution in [0.5, 0.6) is 0 Å². The van der Waals surface area contributed by atoms with E-state index in [1.54, 1.807) is 63.5 Å². The Morgan fingerprint density at radius 3 is 2.05 bits per heavy atom. The zero-order valence-corrected chi connectivity index (χ0v) is 22.8. The molecule has 0 saturated heterocycles. The van der Waals surface area contributed by atoms with Crippen LogP contribution in [0.1, 0.15) is 43.7 Å². The minimum absolute atomic E-state index is 0.286. The van der Waals surface area contributed by atoms with Crippen molar-refractivity contribution in [1.29, 1.82) is 0 Å². The van der Waals surface area contributed by atoms with Gasteiger partial charge in [-0.25, -0.2) is 4.79 Å². The van der Waals surface area contributed by atoms with Crippen molar-refractivity contribution >= 4 is 89.1 Å². The molecule has 1 aliphatic rings. The molecule has 1 N–H and O–H groups in total. The molecule has 0 bridgehead atoms. The van der Waals surface area contributed by atoms with E-state index in [-0.39, 0.29) is 5.69 Å². The molecule has 5 nitrogen and oxygen atoms in total. The first-order valence-electron chi connectivity index (χ1n) is 11.9. The Labute approximate surface area is 238 Å². The fourth-order valence-electron chi connectivity index (χ4n) is 5.35. The van der Waals surface area contributed by atoms with E-state index in [4.69, 9.17) is 71.3 Å². The number of aliphatic carboxylic acids is 1. The summed E-state index contributed by atoms with van der Waals surface area (Å²) in [6, 6.07) is 8.83. The van der Waals surface area contributed by atoms with Crippen LogP contribution in [-0.2, 0) is 14.9 Å². The van der Waals surface area contributed by atoms with Crippen LogP contribution in [0.25, 0.3) is 22.0 Å². The Bertz CT molecular complexity index is 1440. The molecule has 0 unspecified atom stereocenters. The number of anilines is 1. The number of hydrogen-bond acceptors (Lipinski definition) is 3. The van der Waals surface area contributed by atoms with Gasteiger partial charge in [0.05, 0.1) is 71.7 Å². The summed E-state index contributed by atoms with van der Waals surface area (Å²) in [7, 11) is 44.9. The molecule has 13 heteroatoms. The Kier molecular flexibility index (Phi) is 6.85. The second kappa shape index (κ2) is 8.99. The van der Waals surface area contributed by atoms with Gasteiger partial charge in [-0.05, 0) is 80.2 Å². The van der Waals surface area contributed by atoms with Gasteiger partial charge in [0.1, 0.15) is 0 Å². The summed E-state index contributed by atoms with van der Waals surface area (Å²) in [6.45, 7) is 8.78. The molecule has 0 spiro atoms. The van der Waals surface area contributed by atoms with Crippen LogP contribution in [0.15, 0.2) is 30.3 Å². The summed E-state index contributed by atoms with van der Waals surface area (Å²) < 4.78 is 7.71. The molecule has 14 radical (unpaired) electrons. The number of carbonyl (C=O) groups is 1. The first-order valence-corrected chi connectivity index (χ1v) is 12.3. The molecule has 2 aromatic carbocycles. The van der Waals surface area contributed by atoms with Gasteiger partial charge in [0, 0.05) is 21.7 Å². The molecule has 2 heterocycles. The Balaban J connectivity index is 2.30. The van der Waals surface area contributed by atoms with Crippen LogP contribution in [0.4, 0.5) is 5.69 Å². The van der Waals surface area contributed by atoms with Gasteiger partial charge in [-0.2, -0.15) is 0 Å². The van der Waals surface area contributed by atoms with Crippen molar-refractivity contribution in [1.82, 2.24) is 4.57 Å². The van der Waals surface area contributed by atoms with Crippen LogP contribution in [0, 0.1) is 13.8 Å². The van der Waals surface area contributed by atoms with Crippen LogP contribution >= 0.6 is 11.6 Å². The number of aromatic nitrogens is 1. The summed E-state index contributed by atoms with van der Waals surface area (Å²) in [6.07, 6.45) is -1.41. The standard InChI is InChI=1S/C25H22B7ClN2O3/c1-11-10-15-17(13-6-8-14(33)9-7-13)16(20(21(36)37)38-22(3,4)5)12(2)18-19(15)34(11)23(26,27)24(28,29)35(18)25(30,31)32/h6-10,20H,1-5H3,(H,36,37)/t20-/m0/s1. The van der Waals surface area contributed by atoms with Gasteiger partial charge in [0.15, 0.2) is 6.10 Å². The fraction of sp³-hybridized carbons (Fsp3) is 0.400. The average molecular weight is 510 g/mol. The molecular formula is C25H22B7ClN2O3. The molecule has 0 amide bonds. The van der Waals surface area contributed by atoms with E-state index >= 15 is 0 Å². The van der Waals surface area contributed by atoms with Crippen molar-refractivity contribution in [3.8, 4) is 11.1 Å². The number of hydrogen-bond donors (Lipinski definition) is 1. The Morgan fingerprint density at radius 2 is 1.58 bits per heavy atom. The zero-order valence-electron chi connectivity index (χ0n) is 22.0. The van der Waals surface area contributed by atoms with Crippen molar-refractivity contribution in [2.45, 2.75) is 62.2 Å². The minimum Gasteiger partial charge on any atom is -0.479 e. The van der Waals surface area contributed by atoms with Crippen molar-refractivity contribution in [2.24, 2.45) is 0 Å². The van der Waals surface area contributed by atoms with Crippen LogP contribution in [0.3, 0.4) is 0 Å². The zero-order chi connectivity index (χ0) is 28.7. The number of aryl methyl sites for hydroxylation is 1. The number of carboxylic acid groups (broad SMARTS) is 1. The number of nitrogens with zero attached hydrogens (tertiary/aromatic N) is 2. The largest absolute Gasteiger partial charge is 0.479 e. The van der Waals surface area contributed by atoms with Crippen LogP contribution in [0.2, 0.25) is 5.02 Å². The van der Waals surface area contributed by atoms with E-state index in [2.05, 4.69) is 0 Å². The highest BCUT2D eigenvalue weighted by atomic mass is 35.5. The first kappa shape index (κ1) is 28.9. The normalized spacial score (nSPS) is 17.5. The third-order valence-corrected chi connectivity index (χ3v) is 7.04. The van der Waals surface area contributed by atoms with Gasteiger partial charge in [-0.15, -0.1) is 0 Å². The highest BCUT2D eigenvalue weighted by molar-refractivity contribution is 6.64. The lowest BCUT2D eigenvalue weighted by atomic mass is 9.33. The molecule has 1 aromatic heterocycles. The average Bonchev–Trinajstić information content (AvgIpc) is 3.09. The smallest absolute Gasteiger partial charge is 0.337 e. The predicted molar refractivity (Wildman–Crippen MR) is 159 cm³/mol. The molecule has 3 aromatic rings. The minimum atomic E-state index is -2.14. The molecular weight excluding hydrogens is 487 g/mol. The second-order valence-corrected chi connectivity index (χ2v) is 11.4. The summed E-state index contributed by atoms with van der Waals surface area (Å²) in [5.41, 5.74) is 2.56. The maximum atomic E-state index is 12.8. The van der Waals surface area contributed by atoms with Gasteiger partial charge >= 0.3 is 5.97 Å². The molecule has 1 atom stereocenters. The van der Waals surface area contributed by atoms with Crippen LogP contribution < -0.4 is 4.90 Å². The number of ether oxygens (including phenoxy) is 1. The summed E-state index contributed by atoms with van der Waals surface area (Å²) in [5.74, 6) is -1.21. The third-order valence-electron chi connectivity index (χ3n) is 6.79. The summed E-state index contributed by atoms with van der Waals surface area (Å²) in [5, 5.41) is 5.34. The van der Waals surface area contributed by atoms with Crippen LogP contribution in [-0.4, -0.2) is 86.7 Å². The van der Waals surface area contributed by atoms with E-state index in [1.807, 2.05) is 6.07 Å². The van der Waals surface area contributed by atoms with Crippen molar-refractivity contribution in [3.05, 3.63) is 52.2 Å². The highest BCUT2D eigenvalue weighted by Gasteiger charge is 2.50. The lowest BCUT2D eigenvalue weighted by Gasteiger charge is -2.63. The molecule has 4 rings (SSSR count). The van der Waals surface area contributed by atoms with E-state index in [1.165, 1.54) is 0 Å². The van der Waals surface area contributed by atoms with Gasteiger partial charge < -0.3 is 19.3 Å². The van der Waals surface area contributed by atoms with E-state index in [0.717, 1.165) is 4.90 Å². The lowest BCUT2D eigenvalue weighted by molar-refractivity contribution is -0.160. The number of carboxylic acids is 1. The number of rotatable bonds is 5. The highest BCUT2D eigenvalue weighted by Crippen LogP contribution is 2.53. The van der Waals surface area contributed by atoms with Crippen molar-refractivity contribution in [3.63, 3.8) is 0 Å². The molecule has 0 aliphatic carbocycles. The lowest BCUT2D eigenvalue weighted by Crippen LogP contribution is -2.75. The fourth-order valence-corrected chi connectivity index (χ4v) is 5.48. The number of halogens is 1. The predicted octanol–water partition coefficient (Wildman–Crippen LogP) is 2.39. The molecule has 38 heavy (non-hydrogen) atoms. The van der Waals surface area contributed by atoms with Crippen molar-refractivity contribution < 1.29 is 14.6 Å². The first-order chi connectivity index (χ1) is 17.2. The van der Waals surface area contributed by atoms with Gasteiger partial charge in [-0.3, -0.25) is 0 Å². The Hall–Kier alpha value is -2.05. The second-order valence-electron chi connectivity index (χ2n) is 11.0. The van der Waals surface area contributed by atoms with Crippen molar-refractivity contribution in [2.75, 3.05) is 4.90 Å². The maximum Gasteiger partial charge on any atom is 0.337 e.